The smallest absolute Gasteiger partial charge is 0.410 e. The van der Waals surface area contributed by atoms with Gasteiger partial charge in [0.1, 0.15) is 5.60 Å². The molecular weight excluding hydrogens is 258 g/mol. The second-order valence-corrected chi connectivity index (χ2v) is 6.41. The molecule has 5 heteroatoms. The van der Waals surface area contributed by atoms with Crippen molar-refractivity contribution in [1.29, 1.82) is 0 Å². The van der Waals surface area contributed by atoms with E-state index in [1.807, 2.05) is 48.5 Å². The van der Waals surface area contributed by atoms with Gasteiger partial charge in [-0.15, -0.1) is 0 Å². The maximum Gasteiger partial charge on any atom is 0.410 e. The Morgan fingerprint density at radius 2 is 1.65 bits per heavy atom. The molecule has 0 N–H and O–H groups in total. The van der Waals surface area contributed by atoms with Crippen LogP contribution in [-0.4, -0.2) is 41.3 Å². The molecule has 1 amide bonds. The Balaban J connectivity index is 4.29. The predicted octanol–water partition coefficient (Wildman–Crippen LogP) is 3.36. The van der Waals surface area contributed by atoms with Gasteiger partial charge < -0.3 is 14.4 Å². The van der Waals surface area contributed by atoms with Crippen LogP contribution in [0, 0.1) is 0 Å². The zero-order chi connectivity index (χ0) is 15.9. The molecule has 0 aromatic carbocycles. The lowest BCUT2D eigenvalue weighted by Gasteiger charge is -2.30. The van der Waals surface area contributed by atoms with E-state index in [0.29, 0.717) is 19.4 Å². The van der Waals surface area contributed by atoms with Crippen molar-refractivity contribution in [1.82, 2.24) is 4.90 Å². The highest BCUT2D eigenvalue weighted by Gasteiger charge is 2.24. The average Bonchev–Trinajstić information content (AvgIpc) is 2.19. The average molecular weight is 287 g/mol. The zero-order valence-electron chi connectivity index (χ0n) is 13.9. The van der Waals surface area contributed by atoms with E-state index in [0.717, 1.165) is 0 Å². The van der Waals surface area contributed by atoms with Crippen LogP contribution in [0.15, 0.2) is 0 Å². The van der Waals surface area contributed by atoms with Crippen molar-refractivity contribution in [3.8, 4) is 0 Å². The van der Waals surface area contributed by atoms with E-state index in [1.165, 1.54) is 0 Å². The molecule has 0 aromatic rings. The van der Waals surface area contributed by atoms with Crippen LogP contribution in [0.5, 0.6) is 0 Å². The van der Waals surface area contributed by atoms with Crippen LogP contribution in [0.25, 0.3) is 0 Å². The van der Waals surface area contributed by atoms with Crippen molar-refractivity contribution in [2.45, 2.75) is 79.1 Å². The molecule has 0 aliphatic heterocycles. The van der Waals surface area contributed by atoms with Crippen LogP contribution in [0.3, 0.4) is 0 Å². The van der Waals surface area contributed by atoms with E-state index in [4.69, 9.17) is 9.47 Å². The van der Waals surface area contributed by atoms with Gasteiger partial charge in [-0.2, -0.15) is 0 Å². The summed E-state index contributed by atoms with van der Waals surface area (Å²) in [6.45, 7) is 13.5. The van der Waals surface area contributed by atoms with Crippen LogP contribution in [-0.2, 0) is 14.3 Å². The van der Waals surface area contributed by atoms with E-state index in [2.05, 4.69) is 0 Å². The molecule has 0 heterocycles. The molecule has 0 unspecified atom stereocenters. The van der Waals surface area contributed by atoms with Crippen molar-refractivity contribution in [2.75, 3.05) is 6.54 Å². The number of esters is 1. The number of hydrogen-bond acceptors (Lipinski definition) is 4. The molecule has 0 saturated carbocycles. The van der Waals surface area contributed by atoms with Gasteiger partial charge in [0.2, 0.25) is 0 Å². The minimum Gasteiger partial charge on any atom is -0.463 e. The fourth-order valence-electron chi connectivity index (χ4n) is 1.60. The molecule has 0 aliphatic carbocycles. The predicted molar refractivity (Wildman–Crippen MR) is 78.5 cm³/mol. The van der Waals surface area contributed by atoms with Gasteiger partial charge >= 0.3 is 12.1 Å². The molecule has 0 bridgehead atoms. The minimum atomic E-state index is -0.513. The highest BCUT2D eigenvalue weighted by molar-refractivity contribution is 5.70. The van der Waals surface area contributed by atoms with Gasteiger partial charge in [0.15, 0.2) is 0 Å². The van der Waals surface area contributed by atoms with E-state index in [1.54, 1.807) is 4.90 Å². The van der Waals surface area contributed by atoms with Gasteiger partial charge in [0.25, 0.3) is 0 Å². The summed E-state index contributed by atoms with van der Waals surface area (Å²) >= 11 is 0. The van der Waals surface area contributed by atoms with Gasteiger partial charge in [0.05, 0.1) is 6.10 Å². The summed E-state index contributed by atoms with van der Waals surface area (Å²) in [6.07, 6.45) is 0.437. The van der Waals surface area contributed by atoms with Crippen LogP contribution in [0.4, 0.5) is 4.79 Å². The number of carbonyl (C=O) groups is 2. The van der Waals surface area contributed by atoms with Gasteiger partial charge in [-0.25, -0.2) is 4.79 Å². The molecule has 0 fully saturated rings. The molecule has 20 heavy (non-hydrogen) atoms. The highest BCUT2D eigenvalue weighted by Crippen LogP contribution is 2.13. The Hall–Kier alpha value is -1.26. The first-order valence-electron chi connectivity index (χ1n) is 7.22. The fraction of sp³-hybridized carbons (Fsp3) is 0.867. The number of carbonyl (C=O) groups excluding carboxylic acids is 2. The third kappa shape index (κ3) is 8.77. The number of amides is 1. The Morgan fingerprint density at radius 3 is 2.05 bits per heavy atom. The van der Waals surface area contributed by atoms with Gasteiger partial charge in [-0.3, -0.25) is 4.79 Å². The monoisotopic (exact) mass is 287 g/mol. The highest BCUT2D eigenvalue weighted by atomic mass is 16.6. The van der Waals surface area contributed by atoms with Crippen molar-refractivity contribution >= 4 is 12.1 Å². The molecule has 0 saturated heterocycles. The maximum atomic E-state index is 12.0. The molecule has 0 aliphatic rings. The first-order chi connectivity index (χ1) is 9.03. The van der Waals surface area contributed by atoms with Crippen LogP contribution in [0.2, 0.25) is 0 Å². The van der Waals surface area contributed by atoms with Crippen molar-refractivity contribution in [3.05, 3.63) is 0 Å². The van der Waals surface area contributed by atoms with Crippen molar-refractivity contribution in [2.24, 2.45) is 0 Å². The first-order valence-corrected chi connectivity index (χ1v) is 7.22. The summed E-state index contributed by atoms with van der Waals surface area (Å²) in [5, 5.41) is 0. The molecule has 5 nitrogen and oxygen atoms in total. The summed E-state index contributed by atoms with van der Waals surface area (Å²) < 4.78 is 10.4. The second kappa shape index (κ2) is 8.12. The molecule has 0 radical (unpaired) electrons. The first kappa shape index (κ1) is 18.7. The third-order valence-corrected chi connectivity index (χ3v) is 2.40. The largest absolute Gasteiger partial charge is 0.463 e. The van der Waals surface area contributed by atoms with Crippen molar-refractivity contribution in [3.63, 3.8) is 0 Å². The SMILES string of the molecule is CC(C)OC(=O)CCCN(C(=O)OC(C)(C)C)C(C)C. The summed E-state index contributed by atoms with van der Waals surface area (Å²) in [4.78, 5) is 25.1. The normalized spacial score (nSPS) is 11.7. The minimum absolute atomic E-state index is 0.0333. The summed E-state index contributed by atoms with van der Waals surface area (Å²) in [6, 6.07) is 0.0333. The third-order valence-electron chi connectivity index (χ3n) is 2.40. The van der Waals surface area contributed by atoms with Gasteiger partial charge in [-0.1, -0.05) is 0 Å². The van der Waals surface area contributed by atoms with E-state index < -0.39 is 5.60 Å². The topological polar surface area (TPSA) is 55.8 Å². The molecule has 0 rings (SSSR count). The lowest BCUT2D eigenvalue weighted by atomic mass is 10.2. The second-order valence-electron chi connectivity index (χ2n) is 6.41. The molecule has 0 atom stereocenters. The summed E-state index contributed by atoms with van der Waals surface area (Å²) in [5.41, 5.74) is -0.513. The standard InChI is InChI=1S/C15H29NO4/c1-11(2)16(14(18)20-15(5,6)7)10-8-9-13(17)19-12(3)4/h11-12H,8-10H2,1-7H3. The molecule has 118 valence electrons. The Bertz CT molecular complexity index is 318. The van der Waals surface area contributed by atoms with Crippen LogP contribution >= 0.6 is 0 Å². The number of nitrogens with zero attached hydrogens (tertiary/aromatic N) is 1. The van der Waals surface area contributed by atoms with Gasteiger partial charge in [0, 0.05) is 19.0 Å². The van der Waals surface area contributed by atoms with Crippen LogP contribution in [0.1, 0.15) is 61.3 Å². The molecular formula is C15H29NO4. The van der Waals surface area contributed by atoms with Crippen molar-refractivity contribution < 1.29 is 19.1 Å². The Labute approximate surface area is 122 Å². The number of ether oxygens (including phenoxy) is 2. The van der Waals surface area contributed by atoms with E-state index in [9.17, 15) is 9.59 Å². The lowest BCUT2D eigenvalue weighted by molar-refractivity contribution is -0.147. The van der Waals surface area contributed by atoms with E-state index in [-0.39, 0.29) is 24.2 Å². The Morgan fingerprint density at radius 1 is 1.10 bits per heavy atom. The quantitative estimate of drug-likeness (QED) is 0.703. The molecule has 0 spiro atoms. The number of rotatable bonds is 6. The van der Waals surface area contributed by atoms with E-state index >= 15 is 0 Å². The lowest BCUT2D eigenvalue weighted by Crippen LogP contribution is -2.41. The van der Waals surface area contributed by atoms with Crippen LogP contribution < -0.4 is 0 Å². The van der Waals surface area contributed by atoms with Gasteiger partial charge in [-0.05, 0) is 54.9 Å². The fourth-order valence-corrected chi connectivity index (χ4v) is 1.60. The Kier molecular flexibility index (Phi) is 7.61. The number of hydrogen-bond donors (Lipinski definition) is 0. The molecule has 0 aromatic heterocycles. The summed E-state index contributed by atoms with van der Waals surface area (Å²) in [7, 11) is 0. The zero-order valence-corrected chi connectivity index (χ0v) is 13.9. The summed E-state index contributed by atoms with van der Waals surface area (Å²) in [5.74, 6) is -0.229. The maximum absolute atomic E-state index is 12.0.